The molecule has 0 saturated carbocycles. The molecule has 0 unspecified atom stereocenters. The zero-order valence-electron chi connectivity index (χ0n) is 11.5. The van der Waals surface area contributed by atoms with Crippen LogP contribution >= 0.6 is 0 Å². The maximum Gasteiger partial charge on any atom is 0.323 e. The van der Waals surface area contributed by atoms with E-state index in [2.05, 4.69) is 15.0 Å². The Hall–Kier alpha value is -3.16. The molecular weight excluding hydrogens is 286 g/mol. The summed E-state index contributed by atoms with van der Waals surface area (Å²) in [4.78, 5) is 23.0. The van der Waals surface area contributed by atoms with Crippen LogP contribution in [-0.2, 0) is 17.9 Å². The van der Waals surface area contributed by atoms with Crippen LogP contribution in [0.5, 0.6) is 5.88 Å². The quantitative estimate of drug-likeness (QED) is 0.723. The number of nitrogens with zero attached hydrogens (tertiary/aromatic N) is 4. The van der Waals surface area contributed by atoms with Crippen LogP contribution in [0, 0.1) is 0 Å². The maximum atomic E-state index is 10.8. The Bertz CT molecular complexity index is 816. The second kappa shape index (κ2) is 5.68. The lowest BCUT2D eigenvalue weighted by molar-refractivity contribution is -0.137. The first kappa shape index (κ1) is 13.8. The second-order valence-electron chi connectivity index (χ2n) is 4.60. The van der Waals surface area contributed by atoms with Crippen molar-refractivity contribution in [1.29, 1.82) is 0 Å². The van der Waals surface area contributed by atoms with Crippen molar-refractivity contribution < 1.29 is 14.6 Å². The third-order valence-electron chi connectivity index (χ3n) is 2.97. The molecule has 112 valence electrons. The summed E-state index contributed by atoms with van der Waals surface area (Å²) in [5.74, 6) is -0.763. The first-order valence-corrected chi connectivity index (χ1v) is 6.50. The average Bonchev–Trinajstić information content (AvgIpc) is 2.88. The highest BCUT2D eigenvalue weighted by molar-refractivity contribution is 5.79. The smallest absolute Gasteiger partial charge is 0.323 e. The largest absolute Gasteiger partial charge is 0.480 e. The molecule has 8 nitrogen and oxygen atoms in total. The summed E-state index contributed by atoms with van der Waals surface area (Å²) in [5, 5.41) is 8.88. The molecule has 2 heterocycles. The minimum atomic E-state index is -0.997. The highest BCUT2D eigenvalue weighted by Gasteiger charge is 2.15. The number of fused-ring (bicyclic) bond motifs is 1. The normalized spacial score (nSPS) is 10.7. The van der Waals surface area contributed by atoms with Gasteiger partial charge in [-0.05, 0) is 5.56 Å². The van der Waals surface area contributed by atoms with E-state index >= 15 is 0 Å². The van der Waals surface area contributed by atoms with E-state index in [0.717, 1.165) is 5.56 Å². The second-order valence-corrected chi connectivity index (χ2v) is 4.60. The predicted octanol–water partition coefficient (Wildman–Crippen LogP) is 1.07. The Labute approximate surface area is 125 Å². The number of carboxylic acids is 1. The number of carboxylic acid groups (broad SMARTS) is 1. The number of carbonyl (C=O) groups is 1. The van der Waals surface area contributed by atoms with Crippen LogP contribution in [0.4, 0.5) is 5.95 Å². The number of nitrogen functional groups attached to an aromatic ring is 1. The van der Waals surface area contributed by atoms with Gasteiger partial charge in [0.25, 0.3) is 0 Å². The highest BCUT2D eigenvalue weighted by Crippen LogP contribution is 2.22. The minimum Gasteiger partial charge on any atom is -0.480 e. The maximum absolute atomic E-state index is 10.8. The van der Waals surface area contributed by atoms with Crippen molar-refractivity contribution in [1.82, 2.24) is 19.5 Å². The monoisotopic (exact) mass is 299 g/mol. The van der Waals surface area contributed by atoms with Crippen molar-refractivity contribution >= 4 is 23.1 Å². The van der Waals surface area contributed by atoms with Crippen LogP contribution < -0.4 is 10.5 Å². The van der Waals surface area contributed by atoms with Gasteiger partial charge in [-0.3, -0.25) is 4.79 Å². The molecule has 0 aliphatic carbocycles. The van der Waals surface area contributed by atoms with Crippen molar-refractivity contribution in [3.05, 3.63) is 42.2 Å². The van der Waals surface area contributed by atoms with Crippen LogP contribution in [0.1, 0.15) is 5.56 Å². The molecule has 0 spiro atoms. The van der Waals surface area contributed by atoms with Gasteiger partial charge >= 0.3 is 5.97 Å². The number of hydrogen-bond donors (Lipinski definition) is 2. The van der Waals surface area contributed by atoms with Crippen molar-refractivity contribution in [2.24, 2.45) is 0 Å². The molecule has 0 radical (unpaired) electrons. The van der Waals surface area contributed by atoms with Gasteiger partial charge in [0.15, 0.2) is 11.2 Å². The Morgan fingerprint density at radius 1 is 1.27 bits per heavy atom. The van der Waals surface area contributed by atoms with Gasteiger partial charge in [0.05, 0.1) is 6.33 Å². The fourth-order valence-electron chi connectivity index (χ4n) is 2.02. The van der Waals surface area contributed by atoms with E-state index in [9.17, 15) is 4.79 Å². The Balaban J connectivity index is 1.92. The van der Waals surface area contributed by atoms with Crippen molar-refractivity contribution in [2.45, 2.75) is 13.2 Å². The molecule has 3 rings (SSSR count). The molecule has 0 atom stereocenters. The molecular formula is C14H13N5O3. The summed E-state index contributed by atoms with van der Waals surface area (Å²) in [7, 11) is 0. The fraction of sp³-hybridized carbons (Fsp3) is 0.143. The molecule has 0 amide bonds. The molecule has 0 aliphatic rings. The molecule has 22 heavy (non-hydrogen) atoms. The number of hydrogen-bond acceptors (Lipinski definition) is 6. The molecule has 3 aromatic rings. The molecule has 0 fully saturated rings. The molecule has 3 N–H and O–H groups in total. The van der Waals surface area contributed by atoms with Crippen molar-refractivity contribution in [3.8, 4) is 5.88 Å². The van der Waals surface area contributed by atoms with Gasteiger partial charge in [0, 0.05) is 0 Å². The van der Waals surface area contributed by atoms with Crippen molar-refractivity contribution in [2.75, 3.05) is 5.73 Å². The van der Waals surface area contributed by atoms with Gasteiger partial charge in [-0.25, -0.2) is 4.98 Å². The first-order chi connectivity index (χ1) is 10.6. The third-order valence-corrected chi connectivity index (χ3v) is 2.97. The standard InChI is InChI=1S/C14H13N5O3/c15-14-17-12-11(16-8-19(12)6-10(20)21)13(18-14)22-7-9-4-2-1-3-5-9/h1-5,8H,6-7H2,(H,20,21)(H2,15,17,18). The zero-order chi connectivity index (χ0) is 15.5. The number of benzene rings is 1. The SMILES string of the molecule is Nc1nc(OCc2ccccc2)c2ncn(CC(=O)O)c2n1. The predicted molar refractivity (Wildman–Crippen MR) is 78.1 cm³/mol. The third kappa shape index (κ3) is 2.80. The molecule has 0 aliphatic heterocycles. The number of nitrogens with two attached hydrogens (primary N) is 1. The van der Waals surface area contributed by atoms with Gasteiger partial charge in [0.2, 0.25) is 11.8 Å². The summed E-state index contributed by atoms with van der Waals surface area (Å²) >= 11 is 0. The van der Waals surface area contributed by atoms with Gasteiger partial charge in [-0.1, -0.05) is 30.3 Å². The summed E-state index contributed by atoms with van der Waals surface area (Å²) in [6, 6.07) is 9.57. The van der Waals surface area contributed by atoms with E-state index < -0.39 is 5.97 Å². The number of aliphatic carboxylic acids is 1. The van der Waals surface area contributed by atoms with Crippen LogP contribution in [0.25, 0.3) is 11.2 Å². The lowest BCUT2D eigenvalue weighted by Gasteiger charge is -2.07. The molecule has 2 aromatic heterocycles. The molecule has 0 saturated heterocycles. The number of imidazole rings is 1. The van der Waals surface area contributed by atoms with Gasteiger partial charge in [0.1, 0.15) is 13.2 Å². The van der Waals surface area contributed by atoms with E-state index in [1.165, 1.54) is 10.9 Å². The van der Waals surface area contributed by atoms with E-state index in [1.807, 2.05) is 30.3 Å². The zero-order valence-corrected chi connectivity index (χ0v) is 11.5. The number of rotatable bonds is 5. The topological polar surface area (TPSA) is 116 Å². The average molecular weight is 299 g/mol. The number of aromatic nitrogens is 4. The van der Waals surface area contributed by atoms with E-state index in [0.29, 0.717) is 17.8 Å². The van der Waals surface area contributed by atoms with Crippen molar-refractivity contribution in [3.63, 3.8) is 0 Å². The Morgan fingerprint density at radius 2 is 2.05 bits per heavy atom. The minimum absolute atomic E-state index is 0.00250. The lowest BCUT2D eigenvalue weighted by atomic mass is 10.2. The molecule has 1 aromatic carbocycles. The van der Waals surface area contributed by atoms with Gasteiger partial charge in [-0.2, -0.15) is 9.97 Å². The van der Waals surface area contributed by atoms with E-state index in [4.69, 9.17) is 15.6 Å². The number of ether oxygens (including phenoxy) is 1. The van der Waals surface area contributed by atoms with Crippen LogP contribution in [0.15, 0.2) is 36.7 Å². The Morgan fingerprint density at radius 3 is 2.77 bits per heavy atom. The summed E-state index contributed by atoms with van der Waals surface area (Å²) in [6.07, 6.45) is 1.38. The molecule has 0 bridgehead atoms. The number of anilines is 1. The van der Waals surface area contributed by atoms with Crippen LogP contribution in [-0.4, -0.2) is 30.6 Å². The van der Waals surface area contributed by atoms with Gasteiger partial charge in [-0.15, -0.1) is 0 Å². The molecule has 8 heteroatoms. The highest BCUT2D eigenvalue weighted by atomic mass is 16.5. The lowest BCUT2D eigenvalue weighted by Crippen LogP contribution is -2.09. The fourth-order valence-corrected chi connectivity index (χ4v) is 2.02. The first-order valence-electron chi connectivity index (χ1n) is 6.50. The summed E-state index contributed by atoms with van der Waals surface area (Å²) in [5.41, 5.74) is 7.34. The Kier molecular flexibility index (Phi) is 3.57. The van der Waals surface area contributed by atoms with E-state index in [-0.39, 0.29) is 18.4 Å². The summed E-state index contributed by atoms with van der Waals surface area (Å²) < 4.78 is 7.03. The van der Waals surface area contributed by atoms with Crippen LogP contribution in [0.2, 0.25) is 0 Å². The van der Waals surface area contributed by atoms with Gasteiger partial charge < -0.3 is 20.1 Å². The van der Waals surface area contributed by atoms with E-state index in [1.54, 1.807) is 0 Å². The summed E-state index contributed by atoms with van der Waals surface area (Å²) in [6.45, 7) is 0.0449. The van der Waals surface area contributed by atoms with Crippen LogP contribution in [0.3, 0.4) is 0 Å².